The van der Waals surface area contributed by atoms with E-state index in [1.54, 1.807) is 0 Å². The van der Waals surface area contributed by atoms with Gasteiger partial charge in [-0.25, -0.2) is 13.1 Å². The van der Waals surface area contributed by atoms with Crippen LogP contribution in [0.25, 0.3) is 0 Å². The van der Waals surface area contributed by atoms with E-state index < -0.39 is 27.7 Å². The Hall–Kier alpha value is -3.03. The smallest absolute Gasteiger partial charge is 0.416 e. The van der Waals surface area contributed by atoms with Gasteiger partial charge in [-0.15, -0.1) is 0 Å². The van der Waals surface area contributed by atoms with Crippen molar-refractivity contribution in [2.75, 3.05) is 13.7 Å². The lowest BCUT2D eigenvalue weighted by Crippen LogP contribution is -2.27. The van der Waals surface area contributed by atoms with Crippen molar-refractivity contribution in [2.45, 2.75) is 30.0 Å². The number of carbonyl (C=O) groups is 1. The van der Waals surface area contributed by atoms with Crippen molar-refractivity contribution in [3.8, 4) is 17.6 Å². The molecule has 1 fully saturated rings. The maximum Gasteiger partial charge on any atom is 0.416 e. The molecule has 0 aliphatic heterocycles. The van der Waals surface area contributed by atoms with Gasteiger partial charge in [0.1, 0.15) is 10.6 Å². The summed E-state index contributed by atoms with van der Waals surface area (Å²) >= 11 is 0. The second-order valence-electron chi connectivity index (χ2n) is 6.82. The topological polar surface area (TPSA) is 84.5 Å². The van der Waals surface area contributed by atoms with E-state index in [0.29, 0.717) is 0 Å². The second kappa shape index (κ2) is 8.99. The number of amides is 1. The third-order valence-corrected chi connectivity index (χ3v) is 5.92. The minimum atomic E-state index is -4.47. The van der Waals surface area contributed by atoms with Crippen LogP contribution in [-0.2, 0) is 16.2 Å². The summed E-state index contributed by atoms with van der Waals surface area (Å²) in [7, 11) is -2.52. The lowest BCUT2D eigenvalue weighted by molar-refractivity contribution is -0.137. The fraction of sp³-hybridized carbons (Fsp3) is 0.286. The highest BCUT2D eigenvalue weighted by molar-refractivity contribution is 7.89. The van der Waals surface area contributed by atoms with Gasteiger partial charge in [0.05, 0.1) is 19.2 Å². The third kappa shape index (κ3) is 5.99. The van der Waals surface area contributed by atoms with Crippen molar-refractivity contribution in [3.63, 3.8) is 0 Å². The average molecular weight is 452 g/mol. The fourth-order valence-electron chi connectivity index (χ4n) is 2.66. The summed E-state index contributed by atoms with van der Waals surface area (Å²) in [6, 6.07) is 8.42. The molecule has 0 aromatic heterocycles. The molecular weight excluding hydrogens is 433 g/mol. The average Bonchev–Trinajstić information content (AvgIpc) is 3.53. The molecule has 164 valence electrons. The molecule has 31 heavy (non-hydrogen) atoms. The molecule has 0 radical (unpaired) electrons. The first-order chi connectivity index (χ1) is 14.6. The predicted molar refractivity (Wildman–Crippen MR) is 107 cm³/mol. The molecule has 0 saturated heterocycles. The van der Waals surface area contributed by atoms with E-state index in [9.17, 15) is 26.4 Å². The number of benzene rings is 2. The molecule has 2 aromatic carbocycles. The van der Waals surface area contributed by atoms with Crippen LogP contribution in [0.1, 0.15) is 34.3 Å². The number of alkyl halides is 3. The van der Waals surface area contributed by atoms with Crippen LogP contribution in [0, 0.1) is 11.8 Å². The Kier molecular flexibility index (Phi) is 6.57. The molecule has 10 heteroatoms. The number of carbonyl (C=O) groups excluding carboxylic acids is 1. The molecule has 2 aromatic rings. The Morgan fingerprint density at radius 2 is 1.94 bits per heavy atom. The van der Waals surface area contributed by atoms with Crippen LogP contribution in [0.15, 0.2) is 47.4 Å². The molecule has 6 nitrogen and oxygen atoms in total. The van der Waals surface area contributed by atoms with Crippen LogP contribution in [0.3, 0.4) is 0 Å². The molecule has 0 unspecified atom stereocenters. The van der Waals surface area contributed by atoms with Gasteiger partial charge < -0.3 is 10.1 Å². The molecule has 1 saturated carbocycles. The van der Waals surface area contributed by atoms with E-state index in [1.165, 1.54) is 37.4 Å². The molecule has 1 aliphatic rings. The van der Waals surface area contributed by atoms with E-state index >= 15 is 0 Å². The first kappa shape index (κ1) is 22.7. The first-order valence-corrected chi connectivity index (χ1v) is 10.7. The van der Waals surface area contributed by atoms with Crippen molar-refractivity contribution in [1.82, 2.24) is 10.0 Å². The van der Waals surface area contributed by atoms with Crippen molar-refractivity contribution in [1.29, 1.82) is 0 Å². The van der Waals surface area contributed by atoms with Gasteiger partial charge in [0.25, 0.3) is 5.91 Å². The highest BCUT2D eigenvalue weighted by atomic mass is 32.2. The number of methoxy groups -OCH3 is 1. The van der Waals surface area contributed by atoms with Crippen molar-refractivity contribution in [2.24, 2.45) is 0 Å². The Balaban J connectivity index is 1.69. The van der Waals surface area contributed by atoms with Gasteiger partial charge in [0.15, 0.2) is 0 Å². The quantitative estimate of drug-likeness (QED) is 0.661. The Morgan fingerprint density at radius 3 is 2.58 bits per heavy atom. The number of hydrogen-bond acceptors (Lipinski definition) is 4. The summed E-state index contributed by atoms with van der Waals surface area (Å²) in [4.78, 5) is 12.2. The zero-order valence-electron chi connectivity index (χ0n) is 16.4. The molecule has 0 heterocycles. The molecule has 2 N–H and O–H groups in total. The van der Waals surface area contributed by atoms with Crippen molar-refractivity contribution in [3.05, 3.63) is 59.2 Å². The lowest BCUT2D eigenvalue weighted by Gasteiger charge is -2.12. The number of halogens is 3. The van der Waals surface area contributed by atoms with Gasteiger partial charge in [-0.3, -0.25) is 4.79 Å². The minimum Gasteiger partial charge on any atom is -0.495 e. The van der Waals surface area contributed by atoms with E-state index in [4.69, 9.17) is 4.74 Å². The zero-order chi connectivity index (χ0) is 22.6. The van der Waals surface area contributed by atoms with Gasteiger partial charge in [0.2, 0.25) is 10.0 Å². The highest BCUT2D eigenvalue weighted by Crippen LogP contribution is 2.30. The second-order valence-corrected chi connectivity index (χ2v) is 8.51. The Labute approximate surface area is 177 Å². The number of rotatable bonds is 6. The number of nitrogens with one attached hydrogen (secondary N) is 2. The van der Waals surface area contributed by atoms with E-state index in [-0.39, 0.29) is 34.4 Å². The fourth-order valence-corrected chi connectivity index (χ4v) is 4.16. The van der Waals surface area contributed by atoms with Crippen LogP contribution >= 0.6 is 0 Å². The maximum atomic E-state index is 12.7. The molecule has 0 spiro atoms. The summed E-state index contributed by atoms with van der Waals surface area (Å²) < 4.78 is 70.9. The van der Waals surface area contributed by atoms with Crippen LogP contribution < -0.4 is 14.8 Å². The standard InChI is InChI=1S/C21H19F3N2O4S/c1-30-18-10-7-15(13-19(18)31(28,29)26-17-8-9-17)20(27)25-11-3-5-14-4-2-6-16(12-14)21(22,23)24/h2,4,6-7,10,12-13,17,26H,8-9,11H2,1H3,(H,25,27). The summed E-state index contributed by atoms with van der Waals surface area (Å²) in [5, 5.41) is 2.49. The number of ether oxygens (including phenoxy) is 1. The van der Waals surface area contributed by atoms with Crippen molar-refractivity contribution < 1.29 is 31.1 Å². The van der Waals surface area contributed by atoms with Crippen LogP contribution in [0.2, 0.25) is 0 Å². The summed E-state index contributed by atoms with van der Waals surface area (Å²) in [5.74, 6) is 4.66. The monoisotopic (exact) mass is 452 g/mol. The molecule has 0 bridgehead atoms. The Morgan fingerprint density at radius 1 is 1.19 bits per heavy atom. The zero-order valence-corrected chi connectivity index (χ0v) is 17.2. The van der Waals surface area contributed by atoms with E-state index in [1.807, 2.05) is 0 Å². The molecule has 1 amide bonds. The third-order valence-electron chi connectivity index (χ3n) is 4.37. The number of hydrogen-bond donors (Lipinski definition) is 2. The van der Waals surface area contributed by atoms with Crippen LogP contribution in [0.5, 0.6) is 5.75 Å². The molecule has 0 atom stereocenters. The van der Waals surface area contributed by atoms with Gasteiger partial charge >= 0.3 is 6.18 Å². The molecule has 3 rings (SSSR count). The Bertz CT molecular complexity index is 1150. The normalized spacial score (nSPS) is 13.8. The van der Waals surface area contributed by atoms with Crippen molar-refractivity contribution >= 4 is 15.9 Å². The molecule has 1 aliphatic carbocycles. The predicted octanol–water partition coefficient (Wildman–Crippen LogP) is 2.94. The van der Waals surface area contributed by atoms with E-state index in [2.05, 4.69) is 21.9 Å². The first-order valence-electron chi connectivity index (χ1n) is 9.25. The van der Waals surface area contributed by atoms with E-state index in [0.717, 1.165) is 25.0 Å². The summed E-state index contributed by atoms with van der Waals surface area (Å²) in [6.45, 7) is -0.135. The lowest BCUT2D eigenvalue weighted by atomic mass is 10.1. The van der Waals surface area contributed by atoms with Crippen LogP contribution in [0.4, 0.5) is 13.2 Å². The van der Waals surface area contributed by atoms with Crippen LogP contribution in [-0.4, -0.2) is 34.0 Å². The van der Waals surface area contributed by atoms with Gasteiger partial charge in [-0.05, 0) is 49.2 Å². The highest BCUT2D eigenvalue weighted by Gasteiger charge is 2.31. The van der Waals surface area contributed by atoms with Gasteiger partial charge in [-0.2, -0.15) is 13.2 Å². The van der Waals surface area contributed by atoms with Gasteiger partial charge in [-0.1, -0.05) is 17.9 Å². The molecular formula is C21H19F3N2O4S. The minimum absolute atomic E-state index is 0.0813. The SMILES string of the molecule is COc1ccc(C(=O)NCC#Cc2cccc(C(F)(F)F)c2)cc1S(=O)(=O)NC1CC1. The number of sulfonamides is 1. The maximum absolute atomic E-state index is 12.7. The summed E-state index contributed by atoms with van der Waals surface area (Å²) in [6.07, 6.45) is -2.95. The summed E-state index contributed by atoms with van der Waals surface area (Å²) in [5.41, 5.74) is -0.569. The largest absolute Gasteiger partial charge is 0.495 e. The van der Waals surface area contributed by atoms with Gasteiger partial charge in [0, 0.05) is 17.2 Å².